The Hall–Kier alpha value is -5.90. The topological polar surface area (TPSA) is 162 Å². The summed E-state index contributed by atoms with van der Waals surface area (Å²) in [6, 6.07) is 27.3. The van der Waals surface area contributed by atoms with Gasteiger partial charge in [-0.25, -0.2) is 0 Å². The highest BCUT2D eigenvalue weighted by atomic mass is 32.2. The van der Waals surface area contributed by atoms with E-state index >= 15 is 0 Å². The first-order valence-electron chi connectivity index (χ1n) is 25.7. The number of thioether (sulfide) groups is 1. The van der Waals surface area contributed by atoms with E-state index in [0.717, 1.165) is 51.7 Å². The lowest BCUT2D eigenvalue weighted by Gasteiger charge is -2.45. The van der Waals surface area contributed by atoms with Crippen molar-refractivity contribution in [2.24, 2.45) is 11.8 Å². The minimum absolute atomic E-state index is 0.0234. The van der Waals surface area contributed by atoms with Crippen molar-refractivity contribution >= 4 is 54.9 Å². The number of hydrogen-bond donors (Lipinski definition) is 3. The zero-order chi connectivity index (χ0) is 53.2. The fraction of sp³-hybridized carbons (Fsp3) is 0.466. The summed E-state index contributed by atoms with van der Waals surface area (Å²) >= 11 is 1.11. The number of benzene rings is 4. The Morgan fingerprint density at radius 2 is 1.44 bits per heavy atom. The summed E-state index contributed by atoms with van der Waals surface area (Å²) in [4.78, 5) is 70.4. The molecule has 0 aliphatic carbocycles. The first kappa shape index (κ1) is 56.4. The molecular formula is C58H76N4O9SSi. The number of hydrogen-bond acceptors (Lipinski definition) is 11. The van der Waals surface area contributed by atoms with Crippen molar-refractivity contribution < 1.29 is 42.6 Å². The molecule has 3 N–H and O–H groups in total. The molecule has 0 saturated heterocycles. The number of carbonyl (C=O) groups excluding carboxylic acids is 5. The average Bonchev–Trinajstić information content (AvgIpc) is 3.82. The molecule has 0 saturated carbocycles. The van der Waals surface area contributed by atoms with E-state index in [0.29, 0.717) is 36.0 Å². The van der Waals surface area contributed by atoms with E-state index in [1.54, 1.807) is 7.11 Å². The number of nitrogens with zero attached hydrogens (tertiary/aromatic N) is 1. The van der Waals surface area contributed by atoms with Gasteiger partial charge in [-0.2, -0.15) is 0 Å². The second-order valence-electron chi connectivity index (χ2n) is 20.7. The second-order valence-corrected chi connectivity index (χ2v) is 27.4. The van der Waals surface area contributed by atoms with Crippen LogP contribution in [0, 0.1) is 11.8 Å². The van der Waals surface area contributed by atoms with E-state index in [1.807, 2.05) is 132 Å². The zero-order valence-electron chi connectivity index (χ0n) is 44.7. The van der Waals surface area contributed by atoms with Gasteiger partial charge in [0, 0.05) is 18.5 Å². The van der Waals surface area contributed by atoms with Crippen LogP contribution in [0.15, 0.2) is 103 Å². The Morgan fingerprint density at radius 1 is 0.767 bits per heavy atom. The number of ether oxygens (including phenoxy) is 3. The van der Waals surface area contributed by atoms with Gasteiger partial charge in [-0.1, -0.05) is 161 Å². The summed E-state index contributed by atoms with van der Waals surface area (Å²) in [5.74, 6) is 0.446. The van der Waals surface area contributed by atoms with Crippen molar-refractivity contribution in [3.63, 3.8) is 0 Å². The molecule has 3 amide bonds. The Bertz CT molecular complexity index is 2570. The molecule has 6 rings (SSSR count). The molecular weight excluding hydrogens is 957 g/mol. The normalized spacial score (nSPS) is 17.3. The van der Waals surface area contributed by atoms with Gasteiger partial charge in [0.25, 0.3) is 0 Å². The zero-order valence-corrected chi connectivity index (χ0v) is 46.5. The first-order chi connectivity index (χ1) is 34.8. The van der Waals surface area contributed by atoms with Crippen LogP contribution in [0.25, 0.3) is 0 Å². The van der Waals surface area contributed by atoms with Crippen molar-refractivity contribution in [2.45, 2.75) is 142 Å². The minimum Gasteiger partial charge on any atom is -0.497 e. The van der Waals surface area contributed by atoms with Crippen LogP contribution in [0.5, 0.6) is 17.2 Å². The summed E-state index contributed by atoms with van der Waals surface area (Å²) < 4.78 is 26.3. The highest BCUT2D eigenvalue weighted by molar-refractivity contribution is 8.13. The summed E-state index contributed by atoms with van der Waals surface area (Å²) in [7, 11) is -0.960. The van der Waals surface area contributed by atoms with Gasteiger partial charge in [0.2, 0.25) is 31.2 Å². The summed E-state index contributed by atoms with van der Waals surface area (Å²) in [6.45, 7) is 23.0. The van der Waals surface area contributed by atoms with Crippen molar-refractivity contribution in [3.8, 4) is 17.2 Å². The quantitative estimate of drug-likeness (QED) is 0.0329. The highest BCUT2D eigenvalue weighted by Gasteiger charge is 2.59. The van der Waals surface area contributed by atoms with Crippen molar-refractivity contribution in [3.05, 3.63) is 131 Å². The summed E-state index contributed by atoms with van der Waals surface area (Å²) in [5.41, 5.74) is 4.68. The number of rotatable bonds is 25. The molecule has 15 heteroatoms. The molecule has 2 aliphatic rings. The second kappa shape index (κ2) is 24.9. The van der Waals surface area contributed by atoms with Crippen LogP contribution in [0.3, 0.4) is 0 Å². The van der Waals surface area contributed by atoms with E-state index in [9.17, 15) is 24.0 Å². The Kier molecular flexibility index (Phi) is 19.2. The summed E-state index contributed by atoms with van der Waals surface area (Å²) in [5, 5.41) is 8.59. The van der Waals surface area contributed by atoms with E-state index < -0.39 is 55.9 Å². The molecule has 0 bridgehead atoms. The third-order valence-electron chi connectivity index (χ3n) is 14.3. The van der Waals surface area contributed by atoms with Crippen LogP contribution in [0.4, 0.5) is 5.69 Å². The van der Waals surface area contributed by atoms with Crippen LogP contribution >= 0.6 is 11.8 Å². The maximum atomic E-state index is 14.9. The fourth-order valence-corrected chi connectivity index (χ4v) is 16.9. The monoisotopic (exact) mass is 1030 g/mol. The van der Waals surface area contributed by atoms with Gasteiger partial charge in [-0.05, 0) is 86.8 Å². The first-order valence-corrected chi connectivity index (χ1v) is 28.8. The number of anilines is 1. The maximum Gasteiger partial charge on any atom is 0.248 e. The largest absolute Gasteiger partial charge is 0.497 e. The number of carbonyl (C=O) groups is 5. The molecule has 2 heterocycles. The molecule has 1 unspecified atom stereocenters. The van der Waals surface area contributed by atoms with Crippen molar-refractivity contribution in [2.75, 3.05) is 24.3 Å². The Labute approximate surface area is 438 Å². The SMILES string of the molecule is CCSC(=O)CNC(=O)[C@@H](NC(=O)[C@H](Cc1ccc2c(c1)C1(/C=C/C=O)c3cccc(OCc4ccccc4)c3N(Cc3ccc(OC)cc3)[C@H]1O2)NC(=O)[C@@H](O[Si](C(C)C)(C(C)C)C(C)C)C(C)C)C(C)C. The lowest BCUT2D eigenvalue weighted by atomic mass is 9.74. The molecule has 2 aliphatic heterocycles. The van der Waals surface area contributed by atoms with Gasteiger partial charge in [0.15, 0.2) is 6.23 Å². The number of nitrogens with one attached hydrogen (secondary N) is 3. The van der Waals surface area contributed by atoms with Gasteiger partial charge < -0.3 is 39.5 Å². The number of para-hydroxylation sites is 1. The van der Waals surface area contributed by atoms with Crippen LogP contribution < -0.4 is 35.1 Å². The maximum absolute atomic E-state index is 14.9. The van der Waals surface area contributed by atoms with Gasteiger partial charge in [-0.15, -0.1) is 0 Å². The van der Waals surface area contributed by atoms with Crippen LogP contribution in [0.1, 0.15) is 104 Å². The van der Waals surface area contributed by atoms with E-state index in [2.05, 4.69) is 62.4 Å². The molecule has 0 radical (unpaired) electrons. The minimum atomic E-state index is -2.59. The lowest BCUT2D eigenvalue weighted by molar-refractivity contribution is -0.136. The molecule has 5 atom stereocenters. The number of methoxy groups -OCH3 is 1. The number of fused-ring (bicyclic) bond motifs is 5. The Balaban J connectivity index is 1.44. The lowest BCUT2D eigenvalue weighted by Crippen LogP contribution is -2.59. The standard InChI is InChI=1S/C58H76N4O9SSi/c1-13-72-50(64)33-59-55(66)51(36(2)3)61-54(65)47(60-56(67)53(37(4)5)71-73(38(6)7,39(8)9)40(10)11)32-43-25-28-48-46(31-43)58(29-18-30-63)45-21-17-22-49(69-35-42-19-15-14-16-20-42)52(45)62(57(58)70-48)34-41-23-26-44(68-12)27-24-41/h14-31,36-40,47,51,53,57H,13,32-35H2,1-12H3,(H,59,66)(H,60,67)(H,61,65)/b29-18+/t47-,51-,53-,57-,58?/m0/s1. The molecule has 13 nitrogen and oxygen atoms in total. The van der Waals surface area contributed by atoms with Crippen LogP contribution in [0.2, 0.25) is 16.6 Å². The van der Waals surface area contributed by atoms with Gasteiger partial charge in [0.1, 0.15) is 53.7 Å². The predicted molar refractivity (Wildman–Crippen MR) is 293 cm³/mol. The molecule has 0 fully saturated rings. The molecule has 4 aromatic rings. The highest BCUT2D eigenvalue weighted by Crippen LogP contribution is 2.60. The smallest absolute Gasteiger partial charge is 0.248 e. The third-order valence-corrected chi connectivity index (χ3v) is 21.1. The van der Waals surface area contributed by atoms with E-state index in [1.165, 1.54) is 6.08 Å². The number of aldehydes is 1. The summed E-state index contributed by atoms with van der Waals surface area (Å²) in [6.07, 6.45) is 2.63. The number of amides is 3. The Morgan fingerprint density at radius 3 is 2.04 bits per heavy atom. The molecule has 0 spiro atoms. The predicted octanol–water partition coefficient (Wildman–Crippen LogP) is 9.83. The van der Waals surface area contributed by atoms with E-state index in [4.69, 9.17) is 18.6 Å². The van der Waals surface area contributed by atoms with Crippen LogP contribution in [-0.4, -0.2) is 81.3 Å². The van der Waals surface area contributed by atoms with Gasteiger partial charge >= 0.3 is 0 Å². The fourth-order valence-electron chi connectivity index (χ4n) is 10.8. The van der Waals surface area contributed by atoms with Gasteiger partial charge in [0.05, 0.1) is 19.3 Å². The third kappa shape index (κ3) is 12.4. The van der Waals surface area contributed by atoms with Crippen LogP contribution in [-0.2, 0) is 53.4 Å². The molecule has 4 aromatic carbocycles. The van der Waals surface area contributed by atoms with E-state index in [-0.39, 0.29) is 46.5 Å². The average molecular weight is 1030 g/mol. The molecule has 392 valence electrons. The van der Waals surface area contributed by atoms with Gasteiger partial charge in [-0.3, -0.25) is 24.0 Å². The molecule has 0 aromatic heterocycles. The van der Waals surface area contributed by atoms with Crippen molar-refractivity contribution in [1.29, 1.82) is 0 Å². The molecule has 73 heavy (non-hydrogen) atoms. The number of allylic oxidation sites excluding steroid dienone is 1. The van der Waals surface area contributed by atoms with Crippen molar-refractivity contribution in [1.82, 2.24) is 16.0 Å².